The summed E-state index contributed by atoms with van der Waals surface area (Å²) in [5.74, 6) is -0.463. The van der Waals surface area contributed by atoms with Crippen LogP contribution in [0, 0.1) is 5.82 Å². The van der Waals surface area contributed by atoms with Crippen LogP contribution in [0.3, 0.4) is 0 Å². The minimum absolute atomic E-state index is 0.0651. The SMILES string of the molecule is NC(=O)CCn1c(SCC(=O)Nc2cccc(F)c2)nnc1-c1cccs1. The monoisotopic (exact) mass is 405 g/mol. The maximum absolute atomic E-state index is 13.2. The van der Waals surface area contributed by atoms with E-state index in [0.29, 0.717) is 23.2 Å². The molecule has 0 saturated carbocycles. The number of thioether (sulfide) groups is 1. The molecule has 2 heterocycles. The van der Waals surface area contributed by atoms with Crippen molar-refractivity contribution in [1.82, 2.24) is 14.8 Å². The van der Waals surface area contributed by atoms with E-state index >= 15 is 0 Å². The summed E-state index contributed by atoms with van der Waals surface area (Å²) in [6.45, 7) is 0.323. The zero-order valence-electron chi connectivity index (χ0n) is 14.1. The van der Waals surface area contributed by atoms with Gasteiger partial charge in [0.25, 0.3) is 0 Å². The Hall–Kier alpha value is -2.72. The number of amides is 2. The average Bonchev–Trinajstić information content (AvgIpc) is 3.27. The van der Waals surface area contributed by atoms with Gasteiger partial charge in [-0.05, 0) is 29.6 Å². The second-order valence-corrected chi connectivity index (χ2v) is 7.39. The highest BCUT2D eigenvalue weighted by Gasteiger charge is 2.17. The van der Waals surface area contributed by atoms with Crippen molar-refractivity contribution in [2.24, 2.45) is 5.73 Å². The Balaban J connectivity index is 1.70. The van der Waals surface area contributed by atoms with Crippen molar-refractivity contribution in [3.63, 3.8) is 0 Å². The first kappa shape index (κ1) is 19.1. The van der Waals surface area contributed by atoms with E-state index in [1.54, 1.807) is 10.6 Å². The molecule has 0 bridgehead atoms. The highest BCUT2D eigenvalue weighted by atomic mass is 32.2. The van der Waals surface area contributed by atoms with Crippen LogP contribution in [0.2, 0.25) is 0 Å². The van der Waals surface area contributed by atoms with Crippen LogP contribution in [0.25, 0.3) is 10.7 Å². The number of anilines is 1. The molecule has 0 radical (unpaired) electrons. The molecule has 1 aromatic carbocycles. The van der Waals surface area contributed by atoms with Crippen LogP contribution in [0.1, 0.15) is 6.42 Å². The summed E-state index contributed by atoms with van der Waals surface area (Å²) in [7, 11) is 0. The fourth-order valence-corrected chi connectivity index (χ4v) is 3.78. The van der Waals surface area contributed by atoms with Crippen LogP contribution >= 0.6 is 23.1 Å². The molecule has 0 aliphatic carbocycles. The number of hydrogen-bond acceptors (Lipinski definition) is 6. The smallest absolute Gasteiger partial charge is 0.234 e. The number of thiophene rings is 1. The Kier molecular flexibility index (Phi) is 6.20. The number of nitrogens with two attached hydrogens (primary N) is 1. The summed E-state index contributed by atoms with van der Waals surface area (Å²) in [4.78, 5) is 24.2. The van der Waals surface area contributed by atoms with E-state index < -0.39 is 11.7 Å². The van der Waals surface area contributed by atoms with E-state index in [1.165, 1.54) is 41.3 Å². The van der Waals surface area contributed by atoms with Crippen molar-refractivity contribution in [2.45, 2.75) is 18.1 Å². The van der Waals surface area contributed by atoms with Crippen LogP contribution in [-0.4, -0.2) is 32.3 Å². The molecule has 0 aliphatic heterocycles. The Morgan fingerprint density at radius 2 is 2.11 bits per heavy atom. The molecule has 2 aromatic heterocycles. The van der Waals surface area contributed by atoms with Crippen molar-refractivity contribution in [3.05, 3.63) is 47.6 Å². The van der Waals surface area contributed by atoms with E-state index in [0.717, 1.165) is 4.88 Å². The van der Waals surface area contributed by atoms with E-state index in [1.807, 2.05) is 17.5 Å². The number of carbonyl (C=O) groups excluding carboxylic acids is 2. The van der Waals surface area contributed by atoms with Crippen molar-refractivity contribution >= 4 is 40.6 Å². The van der Waals surface area contributed by atoms with Crippen LogP contribution in [0.5, 0.6) is 0 Å². The molecule has 0 saturated heterocycles. The van der Waals surface area contributed by atoms with Gasteiger partial charge >= 0.3 is 0 Å². The first-order chi connectivity index (χ1) is 13.0. The lowest BCUT2D eigenvalue weighted by atomic mass is 10.3. The lowest BCUT2D eigenvalue weighted by molar-refractivity contribution is -0.118. The molecule has 7 nitrogen and oxygen atoms in total. The fraction of sp³-hybridized carbons (Fsp3) is 0.176. The number of hydrogen-bond donors (Lipinski definition) is 2. The number of primary amides is 1. The van der Waals surface area contributed by atoms with Crippen LogP contribution in [-0.2, 0) is 16.1 Å². The van der Waals surface area contributed by atoms with E-state index in [4.69, 9.17) is 5.73 Å². The van der Waals surface area contributed by atoms with Gasteiger partial charge in [0.15, 0.2) is 11.0 Å². The van der Waals surface area contributed by atoms with Gasteiger partial charge in [0.1, 0.15) is 5.82 Å². The first-order valence-electron chi connectivity index (χ1n) is 7.96. The number of nitrogens with zero attached hydrogens (tertiary/aromatic N) is 3. The molecular weight excluding hydrogens is 389 g/mol. The summed E-state index contributed by atoms with van der Waals surface area (Å²) < 4.78 is 15.0. The average molecular weight is 405 g/mol. The second-order valence-electron chi connectivity index (χ2n) is 5.50. The Labute approximate surface area is 162 Å². The Bertz CT molecular complexity index is 943. The lowest BCUT2D eigenvalue weighted by Gasteiger charge is -2.08. The molecule has 3 rings (SSSR count). The van der Waals surface area contributed by atoms with E-state index in [-0.39, 0.29) is 18.1 Å². The highest BCUT2D eigenvalue weighted by Crippen LogP contribution is 2.27. The van der Waals surface area contributed by atoms with Crippen LogP contribution in [0.4, 0.5) is 10.1 Å². The third kappa shape index (κ3) is 5.14. The molecule has 0 aliphatic rings. The first-order valence-corrected chi connectivity index (χ1v) is 9.83. The van der Waals surface area contributed by atoms with Crippen LogP contribution in [0.15, 0.2) is 46.9 Å². The van der Waals surface area contributed by atoms with Gasteiger partial charge in [-0.3, -0.25) is 9.59 Å². The summed E-state index contributed by atoms with van der Waals surface area (Å²) in [5.41, 5.74) is 5.64. The minimum atomic E-state index is -0.430. The molecular formula is C17H16FN5O2S2. The molecule has 27 heavy (non-hydrogen) atoms. The maximum atomic E-state index is 13.2. The zero-order chi connectivity index (χ0) is 19.2. The standard InChI is InChI=1S/C17H16FN5O2S2/c18-11-3-1-4-12(9-11)20-15(25)10-27-17-22-21-16(13-5-2-8-26-13)23(17)7-6-14(19)24/h1-5,8-9H,6-7,10H2,(H2,19,24)(H,20,25). The quantitative estimate of drug-likeness (QED) is 0.561. The Morgan fingerprint density at radius 1 is 1.26 bits per heavy atom. The van der Waals surface area contributed by atoms with Crippen molar-refractivity contribution in [3.8, 4) is 10.7 Å². The maximum Gasteiger partial charge on any atom is 0.234 e. The molecule has 3 aromatic rings. The Morgan fingerprint density at radius 3 is 2.81 bits per heavy atom. The van der Waals surface area contributed by atoms with Crippen molar-refractivity contribution in [2.75, 3.05) is 11.1 Å². The zero-order valence-corrected chi connectivity index (χ0v) is 15.7. The third-order valence-corrected chi connectivity index (χ3v) is 5.31. The predicted molar refractivity (Wildman–Crippen MR) is 103 cm³/mol. The molecule has 3 N–H and O–H groups in total. The van der Waals surface area contributed by atoms with Gasteiger partial charge in [-0.2, -0.15) is 0 Å². The number of halogens is 1. The molecule has 10 heteroatoms. The lowest BCUT2D eigenvalue weighted by Crippen LogP contribution is -2.16. The molecule has 140 valence electrons. The predicted octanol–water partition coefficient (Wildman–Crippen LogP) is 2.75. The number of carbonyl (C=O) groups is 2. The molecule has 2 amide bonds. The third-order valence-electron chi connectivity index (χ3n) is 3.48. The number of aromatic nitrogens is 3. The molecule has 0 fully saturated rings. The second kappa shape index (κ2) is 8.78. The van der Waals surface area contributed by atoms with Gasteiger partial charge < -0.3 is 15.6 Å². The summed E-state index contributed by atoms with van der Waals surface area (Å²) in [6.07, 6.45) is 0.138. The summed E-state index contributed by atoms with van der Waals surface area (Å²) in [6, 6.07) is 9.47. The van der Waals surface area contributed by atoms with Crippen molar-refractivity contribution in [1.29, 1.82) is 0 Å². The fourth-order valence-electron chi connectivity index (χ4n) is 2.30. The number of benzene rings is 1. The van der Waals surface area contributed by atoms with E-state index in [2.05, 4.69) is 15.5 Å². The van der Waals surface area contributed by atoms with Gasteiger partial charge in [0.2, 0.25) is 11.8 Å². The van der Waals surface area contributed by atoms with Gasteiger partial charge in [-0.1, -0.05) is 23.9 Å². The minimum Gasteiger partial charge on any atom is -0.370 e. The van der Waals surface area contributed by atoms with Crippen molar-refractivity contribution < 1.29 is 14.0 Å². The van der Waals surface area contributed by atoms with Gasteiger partial charge in [0, 0.05) is 18.7 Å². The van der Waals surface area contributed by atoms with Gasteiger partial charge in [0.05, 0.1) is 10.6 Å². The number of rotatable bonds is 8. The topological polar surface area (TPSA) is 103 Å². The van der Waals surface area contributed by atoms with Crippen LogP contribution < -0.4 is 11.1 Å². The molecule has 0 atom stereocenters. The van der Waals surface area contributed by atoms with Gasteiger partial charge in [-0.25, -0.2) is 4.39 Å². The molecule has 0 unspecified atom stereocenters. The normalized spacial score (nSPS) is 10.7. The van der Waals surface area contributed by atoms with Gasteiger partial charge in [-0.15, -0.1) is 21.5 Å². The summed E-state index contributed by atoms with van der Waals surface area (Å²) in [5, 5.41) is 13.4. The highest BCUT2D eigenvalue weighted by molar-refractivity contribution is 7.99. The van der Waals surface area contributed by atoms with E-state index in [9.17, 15) is 14.0 Å². The molecule has 0 spiro atoms. The summed E-state index contributed by atoms with van der Waals surface area (Å²) >= 11 is 2.69. The number of nitrogens with one attached hydrogen (secondary N) is 1. The largest absolute Gasteiger partial charge is 0.370 e.